The van der Waals surface area contributed by atoms with Gasteiger partial charge in [0.1, 0.15) is 5.82 Å². The molecule has 19 heavy (non-hydrogen) atoms. The molecule has 1 aromatic carbocycles. The maximum Gasteiger partial charge on any atom is 0.256 e. The van der Waals surface area contributed by atoms with Crippen molar-refractivity contribution in [2.75, 3.05) is 12.8 Å². The first-order chi connectivity index (χ1) is 9.18. The number of anilines is 1. The monoisotopic (exact) mass is 255 g/mol. The molecule has 0 radical (unpaired) electrons. The minimum atomic E-state index is 0.0356. The number of amides is 1. The molecule has 2 N–H and O–H groups in total. The summed E-state index contributed by atoms with van der Waals surface area (Å²) >= 11 is 0. The number of nitrogen functional groups attached to an aromatic ring is 1. The number of aromatic nitrogens is 1. The van der Waals surface area contributed by atoms with Crippen LogP contribution in [-0.4, -0.2) is 28.9 Å². The summed E-state index contributed by atoms with van der Waals surface area (Å²) in [6.45, 7) is 0. The zero-order valence-corrected chi connectivity index (χ0v) is 11.0. The number of nitrogens with two attached hydrogens (primary N) is 1. The lowest BCUT2D eigenvalue weighted by molar-refractivity contribution is 0.0653. The molecular weight excluding hydrogens is 238 g/mol. The van der Waals surface area contributed by atoms with Gasteiger partial charge in [0, 0.05) is 24.7 Å². The van der Waals surface area contributed by atoms with Gasteiger partial charge >= 0.3 is 0 Å². The van der Waals surface area contributed by atoms with Crippen LogP contribution in [0.5, 0.6) is 0 Å². The molecule has 1 saturated carbocycles. The third-order valence-corrected chi connectivity index (χ3v) is 4.00. The fraction of sp³-hybridized carbons (Fsp3) is 0.333. The van der Waals surface area contributed by atoms with Crippen molar-refractivity contribution in [2.24, 2.45) is 0 Å². The molecule has 4 heteroatoms. The summed E-state index contributed by atoms with van der Waals surface area (Å²) in [5.41, 5.74) is 6.50. The highest BCUT2D eigenvalue weighted by Gasteiger charge is 2.27. The summed E-state index contributed by atoms with van der Waals surface area (Å²) in [6, 6.07) is 8.03. The molecule has 1 heterocycles. The van der Waals surface area contributed by atoms with Crippen molar-refractivity contribution in [3.63, 3.8) is 0 Å². The highest BCUT2D eigenvalue weighted by molar-refractivity contribution is 6.08. The Morgan fingerprint density at radius 2 is 2.00 bits per heavy atom. The van der Waals surface area contributed by atoms with Gasteiger partial charge in [-0.05, 0) is 24.6 Å². The van der Waals surface area contributed by atoms with E-state index in [1.807, 2.05) is 36.2 Å². The van der Waals surface area contributed by atoms with Gasteiger partial charge in [-0.25, -0.2) is 4.98 Å². The van der Waals surface area contributed by atoms with E-state index < -0.39 is 0 Å². The number of pyridine rings is 1. The molecule has 4 nitrogen and oxygen atoms in total. The minimum Gasteiger partial charge on any atom is -0.383 e. The van der Waals surface area contributed by atoms with Gasteiger partial charge in [0.15, 0.2) is 0 Å². The zero-order chi connectivity index (χ0) is 13.4. The van der Waals surface area contributed by atoms with E-state index in [1.54, 1.807) is 6.20 Å². The Hall–Kier alpha value is -2.10. The topological polar surface area (TPSA) is 59.2 Å². The molecule has 1 aliphatic rings. The first kappa shape index (κ1) is 12.0. The Morgan fingerprint density at radius 3 is 2.63 bits per heavy atom. The third kappa shape index (κ3) is 1.93. The Balaban J connectivity index is 2.05. The van der Waals surface area contributed by atoms with Crippen LogP contribution in [0.2, 0.25) is 0 Å². The maximum absolute atomic E-state index is 12.5. The Bertz CT molecular complexity index is 634. The van der Waals surface area contributed by atoms with E-state index in [0.29, 0.717) is 17.4 Å². The summed E-state index contributed by atoms with van der Waals surface area (Å²) in [5.74, 6) is 0.506. The second-order valence-corrected chi connectivity index (χ2v) is 5.10. The lowest BCUT2D eigenvalue weighted by Crippen LogP contribution is -2.41. The van der Waals surface area contributed by atoms with Gasteiger partial charge in [0.25, 0.3) is 5.91 Å². The molecule has 3 rings (SSSR count). The van der Waals surface area contributed by atoms with Crippen molar-refractivity contribution < 1.29 is 4.79 Å². The first-order valence-electron chi connectivity index (χ1n) is 6.59. The number of benzene rings is 1. The van der Waals surface area contributed by atoms with Crippen molar-refractivity contribution in [2.45, 2.75) is 25.3 Å². The standard InChI is InChI=1S/C15H17N3O/c1-18(10-5-4-6-10)15(19)13-9-17-14(16)12-8-3-2-7-11(12)13/h2-3,7-10H,4-6H2,1H3,(H2,16,17). The lowest BCUT2D eigenvalue weighted by atomic mass is 9.91. The molecule has 0 spiro atoms. The normalized spacial score (nSPS) is 15.2. The Morgan fingerprint density at radius 1 is 1.32 bits per heavy atom. The summed E-state index contributed by atoms with van der Waals surface area (Å²) in [5, 5.41) is 1.72. The number of fused-ring (bicyclic) bond motifs is 1. The fourth-order valence-corrected chi connectivity index (χ4v) is 2.51. The summed E-state index contributed by atoms with van der Waals surface area (Å²) in [4.78, 5) is 18.5. The van der Waals surface area contributed by atoms with Crippen molar-refractivity contribution in [3.05, 3.63) is 36.0 Å². The average Bonchev–Trinajstić information content (AvgIpc) is 2.37. The molecule has 1 aliphatic carbocycles. The average molecular weight is 255 g/mol. The van der Waals surface area contributed by atoms with Crippen LogP contribution in [0.25, 0.3) is 10.8 Å². The largest absolute Gasteiger partial charge is 0.383 e. The number of nitrogens with zero attached hydrogens (tertiary/aromatic N) is 2. The maximum atomic E-state index is 12.5. The molecule has 1 fully saturated rings. The predicted octanol–water partition coefficient (Wildman–Crippen LogP) is 2.44. The molecule has 98 valence electrons. The molecule has 0 bridgehead atoms. The molecular formula is C15H17N3O. The van der Waals surface area contributed by atoms with Crippen molar-refractivity contribution in [3.8, 4) is 0 Å². The zero-order valence-electron chi connectivity index (χ0n) is 11.0. The molecule has 0 saturated heterocycles. The molecule has 2 aromatic rings. The first-order valence-corrected chi connectivity index (χ1v) is 6.59. The van der Waals surface area contributed by atoms with E-state index in [1.165, 1.54) is 6.42 Å². The summed E-state index contributed by atoms with van der Waals surface area (Å²) in [7, 11) is 1.87. The van der Waals surface area contributed by atoms with Crippen LogP contribution in [0.3, 0.4) is 0 Å². The summed E-state index contributed by atoms with van der Waals surface area (Å²) < 4.78 is 0. The van der Waals surface area contributed by atoms with E-state index >= 15 is 0 Å². The van der Waals surface area contributed by atoms with Gasteiger partial charge in [-0.15, -0.1) is 0 Å². The van der Waals surface area contributed by atoms with Crippen LogP contribution in [-0.2, 0) is 0 Å². The van der Waals surface area contributed by atoms with E-state index in [0.717, 1.165) is 23.6 Å². The SMILES string of the molecule is CN(C(=O)c1cnc(N)c2ccccc12)C1CCC1. The predicted molar refractivity (Wildman–Crippen MR) is 75.9 cm³/mol. The highest BCUT2D eigenvalue weighted by atomic mass is 16.2. The van der Waals surface area contributed by atoms with Gasteiger partial charge in [-0.2, -0.15) is 0 Å². The van der Waals surface area contributed by atoms with Crippen LogP contribution < -0.4 is 5.73 Å². The highest BCUT2D eigenvalue weighted by Crippen LogP contribution is 2.27. The number of hydrogen-bond donors (Lipinski definition) is 1. The van der Waals surface area contributed by atoms with Gasteiger partial charge in [0.05, 0.1) is 5.56 Å². The summed E-state index contributed by atoms with van der Waals surface area (Å²) in [6.07, 6.45) is 5.00. The minimum absolute atomic E-state index is 0.0356. The van der Waals surface area contributed by atoms with E-state index in [4.69, 9.17) is 5.73 Å². The van der Waals surface area contributed by atoms with Crippen LogP contribution in [0.4, 0.5) is 5.82 Å². The van der Waals surface area contributed by atoms with Crippen LogP contribution in [0.1, 0.15) is 29.6 Å². The second kappa shape index (κ2) is 4.53. The molecule has 0 unspecified atom stereocenters. The van der Waals surface area contributed by atoms with Crippen molar-refractivity contribution >= 4 is 22.5 Å². The quantitative estimate of drug-likeness (QED) is 0.896. The molecule has 1 amide bonds. The van der Waals surface area contributed by atoms with Gasteiger partial charge < -0.3 is 10.6 Å². The lowest BCUT2D eigenvalue weighted by Gasteiger charge is -2.34. The third-order valence-electron chi connectivity index (χ3n) is 4.00. The Kier molecular flexibility index (Phi) is 2.85. The Labute approximate surface area is 112 Å². The fourth-order valence-electron chi connectivity index (χ4n) is 2.51. The second-order valence-electron chi connectivity index (χ2n) is 5.10. The smallest absolute Gasteiger partial charge is 0.256 e. The number of rotatable bonds is 2. The van der Waals surface area contributed by atoms with Crippen molar-refractivity contribution in [1.82, 2.24) is 9.88 Å². The molecule has 0 aliphatic heterocycles. The van der Waals surface area contributed by atoms with Crippen LogP contribution in [0, 0.1) is 0 Å². The van der Waals surface area contributed by atoms with E-state index in [-0.39, 0.29) is 5.91 Å². The number of carbonyl (C=O) groups is 1. The van der Waals surface area contributed by atoms with Crippen molar-refractivity contribution in [1.29, 1.82) is 0 Å². The molecule has 1 aromatic heterocycles. The molecule has 0 atom stereocenters. The van der Waals surface area contributed by atoms with Crippen LogP contribution in [0.15, 0.2) is 30.5 Å². The van der Waals surface area contributed by atoms with E-state index in [9.17, 15) is 4.79 Å². The number of hydrogen-bond acceptors (Lipinski definition) is 3. The van der Waals surface area contributed by atoms with E-state index in [2.05, 4.69) is 4.98 Å². The number of carbonyl (C=O) groups excluding carboxylic acids is 1. The van der Waals surface area contributed by atoms with Gasteiger partial charge in [0.2, 0.25) is 0 Å². The van der Waals surface area contributed by atoms with Gasteiger partial charge in [-0.3, -0.25) is 4.79 Å². The van der Waals surface area contributed by atoms with Crippen LogP contribution >= 0.6 is 0 Å². The van der Waals surface area contributed by atoms with Gasteiger partial charge in [-0.1, -0.05) is 24.3 Å².